The van der Waals surface area contributed by atoms with E-state index in [2.05, 4.69) is 36.0 Å². The number of thiocarbonyl (C=S) groups is 1. The Kier molecular flexibility index (Phi) is 2.90. The van der Waals surface area contributed by atoms with Gasteiger partial charge in [0.1, 0.15) is 0 Å². The first-order valence-electron chi connectivity index (χ1n) is 5.76. The highest BCUT2D eigenvalue weighted by molar-refractivity contribution is 7.80. The lowest BCUT2D eigenvalue weighted by Crippen LogP contribution is -2.60. The average Bonchev–Trinajstić information content (AvgIpc) is 2.93. The molecule has 1 aliphatic carbocycles. The molecule has 4 heteroatoms. The standard InChI is InChI=1S/C11H21N3S/c1-11(2)8-14(7-6-13(11)3)10(15)12-9-4-5-9/h9H,4-8H2,1-3H3,(H,12,15). The van der Waals surface area contributed by atoms with E-state index in [-0.39, 0.29) is 5.54 Å². The fourth-order valence-corrected chi connectivity index (χ4v) is 2.23. The van der Waals surface area contributed by atoms with E-state index in [4.69, 9.17) is 12.2 Å². The largest absolute Gasteiger partial charge is 0.360 e. The fraction of sp³-hybridized carbons (Fsp3) is 0.909. The summed E-state index contributed by atoms with van der Waals surface area (Å²) in [7, 11) is 2.19. The molecule has 0 aromatic rings. The van der Waals surface area contributed by atoms with Crippen LogP contribution in [0.2, 0.25) is 0 Å². The van der Waals surface area contributed by atoms with Crippen LogP contribution in [0.5, 0.6) is 0 Å². The van der Waals surface area contributed by atoms with Crippen molar-refractivity contribution in [2.45, 2.75) is 38.3 Å². The molecule has 0 unspecified atom stereocenters. The van der Waals surface area contributed by atoms with E-state index in [9.17, 15) is 0 Å². The van der Waals surface area contributed by atoms with Gasteiger partial charge in [0.25, 0.3) is 0 Å². The summed E-state index contributed by atoms with van der Waals surface area (Å²) in [6.07, 6.45) is 2.58. The maximum atomic E-state index is 5.43. The van der Waals surface area contributed by atoms with E-state index in [1.165, 1.54) is 12.8 Å². The van der Waals surface area contributed by atoms with Crippen molar-refractivity contribution in [1.82, 2.24) is 15.1 Å². The number of hydrogen-bond donors (Lipinski definition) is 1. The molecule has 2 aliphatic rings. The zero-order valence-corrected chi connectivity index (χ0v) is 10.7. The first-order chi connectivity index (χ1) is 6.99. The maximum absolute atomic E-state index is 5.43. The van der Waals surface area contributed by atoms with Crippen LogP contribution in [0.4, 0.5) is 0 Å². The van der Waals surface area contributed by atoms with Crippen molar-refractivity contribution in [3.05, 3.63) is 0 Å². The third kappa shape index (κ3) is 2.61. The van der Waals surface area contributed by atoms with E-state index >= 15 is 0 Å². The number of hydrogen-bond acceptors (Lipinski definition) is 2. The van der Waals surface area contributed by atoms with Crippen LogP contribution in [0.3, 0.4) is 0 Å². The number of nitrogens with one attached hydrogen (secondary N) is 1. The summed E-state index contributed by atoms with van der Waals surface area (Å²) < 4.78 is 0. The molecule has 1 heterocycles. The summed E-state index contributed by atoms with van der Waals surface area (Å²) in [5.74, 6) is 0. The van der Waals surface area contributed by atoms with Crippen molar-refractivity contribution in [3.8, 4) is 0 Å². The Morgan fingerprint density at radius 3 is 2.53 bits per heavy atom. The van der Waals surface area contributed by atoms with Gasteiger partial charge in [0, 0.05) is 31.2 Å². The highest BCUT2D eigenvalue weighted by Crippen LogP contribution is 2.22. The van der Waals surface area contributed by atoms with Crippen LogP contribution in [0.1, 0.15) is 26.7 Å². The molecular weight excluding hydrogens is 206 g/mol. The molecule has 0 aromatic carbocycles. The predicted octanol–water partition coefficient (Wildman–Crippen LogP) is 1.05. The molecule has 15 heavy (non-hydrogen) atoms. The minimum absolute atomic E-state index is 0.230. The van der Waals surface area contributed by atoms with Crippen molar-refractivity contribution in [2.75, 3.05) is 26.7 Å². The van der Waals surface area contributed by atoms with Crippen LogP contribution in [-0.4, -0.2) is 53.2 Å². The molecule has 0 spiro atoms. The molecule has 2 fully saturated rings. The molecule has 0 amide bonds. The molecule has 86 valence electrons. The van der Waals surface area contributed by atoms with Gasteiger partial charge in [0.2, 0.25) is 0 Å². The normalized spacial score (nSPS) is 26.5. The Hall–Kier alpha value is -0.350. The number of rotatable bonds is 1. The maximum Gasteiger partial charge on any atom is 0.169 e. The lowest BCUT2D eigenvalue weighted by atomic mass is 10.0. The van der Waals surface area contributed by atoms with Gasteiger partial charge in [0.15, 0.2) is 5.11 Å². The molecular formula is C11H21N3S. The monoisotopic (exact) mass is 227 g/mol. The van der Waals surface area contributed by atoms with E-state index in [0.717, 1.165) is 24.7 Å². The van der Waals surface area contributed by atoms with Crippen molar-refractivity contribution in [1.29, 1.82) is 0 Å². The summed E-state index contributed by atoms with van der Waals surface area (Å²) in [5.41, 5.74) is 0.230. The SMILES string of the molecule is CN1CCN(C(=S)NC2CC2)CC1(C)C. The van der Waals surface area contributed by atoms with Crippen molar-refractivity contribution in [2.24, 2.45) is 0 Å². The molecule has 1 saturated heterocycles. The summed E-state index contributed by atoms with van der Waals surface area (Å²) >= 11 is 5.43. The van der Waals surface area contributed by atoms with Gasteiger partial charge in [-0.25, -0.2) is 0 Å². The Morgan fingerprint density at radius 1 is 1.33 bits per heavy atom. The molecule has 0 aromatic heterocycles. The highest BCUT2D eigenvalue weighted by atomic mass is 32.1. The van der Waals surface area contributed by atoms with Crippen LogP contribution in [0.25, 0.3) is 0 Å². The molecule has 1 aliphatic heterocycles. The second kappa shape index (κ2) is 3.91. The van der Waals surface area contributed by atoms with E-state index in [0.29, 0.717) is 6.04 Å². The number of piperazine rings is 1. The quantitative estimate of drug-likeness (QED) is 0.675. The molecule has 0 bridgehead atoms. The van der Waals surface area contributed by atoms with E-state index < -0.39 is 0 Å². The van der Waals surface area contributed by atoms with Gasteiger partial charge in [-0.05, 0) is 46.0 Å². The van der Waals surface area contributed by atoms with Gasteiger partial charge < -0.3 is 10.2 Å². The van der Waals surface area contributed by atoms with Crippen molar-refractivity contribution < 1.29 is 0 Å². The lowest BCUT2D eigenvalue weighted by Gasteiger charge is -2.46. The zero-order valence-electron chi connectivity index (χ0n) is 9.92. The second-order valence-corrected chi connectivity index (χ2v) is 5.77. The van der Waals surface area contributed by atoms with Crippen LogP contribution >= 0.6 is 12.2 Å². The van der Waals surface area contributed by atoms with Crippen LogP contribution < -0.4 is 5.32 Å². The molecule has 2 rings (SSSR count). The lowest BCUT2D eigenvalue weighted by molar-refractivity contribution is 0.0740. The van der Waals surface area contributed by atoms with Crippen molar-refractivity contribution >= 4 is 17.3 Å². The van der Waals surface area contributed by atoms with Gasteiger partial charge in [0.05, 0.1) is 0 Å². The van der Waals surface area contributed by atoms with E-state index in [1.54, 1.807) is 0 Å². The number of nitrogens with zero attached hydrogens (tertiary/aromatic N) is 2. The van der Waals surface area contributed by atoms with Gasteiger partial charge >= 0.3 is 0 Å². The molecule has 3 nitrogen and oxygen atoms in total. The third-order valence-electron chi connectivity index (χ3n) is 3.51. The first-order valence-corrected chi connectivity index (χ1v) is 6.16. The van der Waals surface area contributed by atoms with Crippen LogP contribution in [0.15, 0.2) is 0 Å². The zero-order chi connectivity index (χ0) is 11.1. The Labute approximate surface area is 97.8 Å². The minimum Gasteiger partial charge on any atom is -0.360 e. The van der Waals surface area contributed by atoms with E-state index in [1.807, 2.05) is 0 Å². The van der Waals surface area contributed by atoms with Gasteiger partial charge in [-0.15, -0.1) is 0 Å². The third-order valence-corrected chi connectivity index (χ3v) is 3.88. The predicted molar refractivity (Wildman–Crippen MR) is 67.0 cm³/mol. The summed E-state index contributed by atoms with van der Waals surface area (Å²) in [6, 6.07) is 0.667. The van der Waals surface area contributed by atoms with Crippen LogP contribution in [-0.2, 0) is 0 Å². The average molecular weight is 227 g/mol. The molecule has 1 saturated carbocycles. The summed E-state index contributed by atoms with van der Waals surface area (Å²) in [4.78, 5) is 4.72. The first kappa shape index (κ1) is 11.1. The second-order valence-electron chi connectivity index (χ2n) is 5.38. The topological polar surface area (TPSA) is 18.5 Å². The fourth-order valence-electron chi connectivity index (χ4n) is 1.91. The Balaban J connectivity index is 1.90. The van der Waals surface area contributed by atoms with Gasteiger partial charge in [-0.1, -0.05) is 0 Å². The van der Waals surface area contributed by atoms with Crippen LogP contribution in [0, 0.1) is 0 Å². The molecule has 0 atom stereocenters. The number of likely N-dealkylation sites (N-methyl/N-ethyl adjacent to an activating group) is 1. The molecule has 1 N–H and O–H groups in total. The summed E-state index contributed by atoms with van der Waals surface area (Å²) in [6.45, 7) is 7.73. The summed E-state index contributed by atoms with van der Waals surface area (Å²) in [5, 5.41) is 4.37. The highest BCUT2D eigenvalue weighted by Gasteiger charge is 2.33. The minimum atomic E-state index is 0.230. The Bertz CT molecular complexity index is 261. The molecule has 0 radical (unpaired) electrons. The Morgan fingerprint density at radius 2 is 2.00 bits per heavy atom. The van der Waals surface area contributed by atoms with Gasteiger partial charge in [-0.2, -0.15) is 0 Å². The van der Waals surface area contributed by atoms with Crippen molar-refractivity contribution in [3.63, 3.8) is 0 Å². The smallest absolute Gasteiger partial charge is 0.169 e. The van der Waals surface area contributed by atoms with Gasteiger partial charge in [-0.3, -0.25) is 4.90 Å².